The van der Waals surface area contributed by atoms with Gasteiger partial charge in [0.2, 0.25) is 5.91 Å². The third kappa shape index (κ3) is 7.15. The highest BCUT2D eigenvalue weighted by Crippen LogP contribution is 2.37. The van der Waals surface area contributed by atoms with E-state index in [9.17, 15) is 22.8 Å². The molecule has 2 N–H and O–H groups in total. The number of rotatable bonds is 5. The zero-order chi connectivity index (χ0) is 29.2. The number of benzene rings is 1. The SMILES string of the molecule is CC(C)(C)[C@H]1CN(C(c2ccc(C(F)(F)F)cc2)c2ccc(Br)cn2)CCN1C(=O)CC1CCN(C(N)=O)CC1. The maximum atomic E-state index is 13.6. The van der Waals surface area contributed by atoms with Crippen molar-refractivity contribution in [2.45, 2.75) is 58.3 Å². The van der Waals surface area contributed by atoms with E-state index in [4.69, 9.17) is 5.73 Å². The van der Waals surface area contributed by atoms with Crippen LogP contribution >= 0.6 is 15.9 Å². The topological polar surface area (TPSA) is 82.8 Å². The lowest BCUT2D eigenvalue weighted by Gasteiger charge is -2.49. The van der Waals surface area contributed by atoms with Crippen LogP contribution in [0, 0.1) is 11.3 Å². The number of carbonyl (C=O) groups excluding carboxylic acids is 2. The summed E-state index contributed by atoms with van der Waals surface area (Å²) in [5.41, 5.74) is 5.93. The van der Waals surface area contributed by atoms with Gasteiger partial charge in [0, 0.05) is 55.9 Å². The van der Waals surface area contributed by atoms with Crippen molar-refractivity contribution in [3.05, 3.63) is 63.9 Å². The summed E-state index contributed by atoms with van der Waals surface area (Å²) >= 11 is 3.42. The molecule has 1 unspecified atom stereocenters. The van der Waals surface area contributed by atoms with E-state index < -0.39 is 17.8 Å². The lowest BCUT2D eigenvalue weighted by molar-refractivity contribution is -0.141. The van der Waals surface area contributed by atoms with Crippen LogP contribution in [-0.4, -0.2) is 70.4 Å². The van der Waals surface area contributed by atoms with Crippen molar-refractivity contribution in [2.24, 2.45) is 17.1 Å². The van der Waals surface area contributed by atoms with Crippen LogP contribution in [0.4, 0.5) is 18.0 Å². The smallest absolute Gasteiger partial charge is 0.351 e. The summed E-state index contributed by atoms with van der Waals surface area (Å²) in [6.45, 7) is 9.08. The van der Waals surface area contributed by atoms with E-state index in [0.717, 1.165) is 40.7 Å². The zero-order valence-electron chi connectivity index (χ0n) is 23.1. The number of piperazine rings is 1. The molecule has 2 atom stereocenters. The van der Waals surface area contributed by atoms with Crippen LogP contribution in [0.1, 0.15) is 62.9 Å². The average Bonchev–Trinajstić information content (AvgIpc) is 2.89. The monoisotopic (exact) mass is 623 g/mol. The Morgan fingerprint density at radius 3 is 2.20 bits per heavy atom. The highest BCUT2D eigenvalue weighted by Gasteiger charge is 2.41. The average molecular weight is 625 g/mol. The maximum Gasteiger partial charge on any atom is 0.416 e. The van der Waals surface area contributed by atoms with Crippen molar-refractivity contribution in [3.63, 3.8) is 0 Å². The predicted octanol–water partition coefficient (Wildman–Crippen LogP) is 5.69. The third-order valence-corrected chi connectivity index (χ3v) is 8.54. The van der Waals surface area contributed by atoms with E-state index in [-0.39, 0.29) is 29.3 Å². The number of nitrogens with two attached hydrogens (primary N) is 1. The van der Waals surface area contributed by atoms with Crippen LogP contribution in [0.15, 0.2) is 47.1 Å². The Kier molecular flexibility index (Phi) is 9.14. The van der Waals surface area contributed by atoms with Gasteiger partial charge in [0.05, 0.1) is 17.3 Å². The number of likely N-dealkylation sites (tertiary alicyclic amines) is 1. The summed E-state index contributed by atoms with van der Waals surface area (Å²) in [6, 6.07) is 8.16. The quantitative estimate of drug-likeness (QED) is 0.464. The Bertz CT molecular complexity index is 1180. The van der Waals surface area contributed by atoms with E-state index in [1.165, 1.54) is 12.1 Å². The first-order valence-corrected chi connectivity index (χ1v) is 14.4. The molecule has 3 amide bonds. The summed E-state index contributed by atoms with van der Waals surface area (Å²) in [5, 5.41) is 0. The number of pyridine rings is 1. The van der Waals surface area contributed by atoms with Gasteiger partial charge in [-0.25, -0.2) is 4.79 Å². The molecule has 0 spiro atoms. The van der Waals surface area contributed by atoms with Gasteiger partial charge in [0.15, 0.2) is 0 Å². The lowest BCUT2D eigenvalue weighted by atomic mass is 9.82. The first-order chi connectivity index (χ1) is 18.7. The van der Waals surface area contributed by atoms with Crippen LogP contribution < -0.4 is 5.73 Å². The summed E-state index contributed by atoms with van der Waals surface area (Å²) in [6.07, 6.45) is -0.795. The molecule has 7 nitrogen and oxygen atoms in total. The minimum absolute atomic E-state index is 0.102. The van der Waals surface area contributed by atoms with Gasteiger partial charge in [0.25, 0.3) is 0 Å². The molecule has 3 heterocycles. The van der Waals surface area contributed by atoms with Gasteiger partial charge < -0.3 is 15.5 Å². The number of primary amides is 1. The Hall–Kier alpha value is -2.66. The van der Waals surface area contributed by atoms with Gasteiger partial charge in [-0.2, -0.15) is 13.2 Å². The van der Waals surface area contributed by atoms with Crippen molar-refractivity contribution in [3.8, 4) is 0 Å². The minimum atomic E-state index is -4.41. The molecule has 2 aromatic rings. The Labute approximate surface area is 242 Å². The Morgan fingerprint density at radius 1 is 1.02 bits per heavy atom. The van der Waals surface area contributed by atoms with E-state index in [1.54, 1.807) is 11.1 Å². The highest BCUT2D eigenvalue weighted by molar-refractivity contribution is 9.10. The predicted molar refractivity (Wildman–Crippen MR) is 150 cm³/mol. The summed E-state index contributed by atoms with van der Waals surface area (Å²) in [5.74, 6) is 0.304. The number of amides is 3. The van der Waals surface area contributed by atoms with E-state index in [0.29, 0.717) is 39.1 Å². The number of hydrogen-bond acceptors (Lipinski definition) is 4. The minimum Gasteiger partial charge on any atom is -0.351 e. The molecule has 2 saturated heterocycles. The molecule has 40 heavy (non-hydrogen) atoms. The highest BCUT2D eigenvalue weighted by atomic mass is 79.9. The van der Waals surface area contributed by atoms with Crippen molar-refractivity contribution in [2.75, 3.05) is 32.7 Å². The van der Waals surface area contributed by atoms with Gasteiger partial charge in [-0.3, -0.25) is 14.7 Å². The van der Waals surface area contributed by atoms with Gasteiger partial charge in [-0.05, 0) is 69.9 Å². The second-order valence-corrected chi connectivity index (χ2v) is 12.8. The summed E-state index contributed by atoms with van der Waals surface area (Å²) in [7, 11) is 0. The van der Waals surface area contributed by atoms with E-state index in [1.807, 2.05) is 17.0 Å². The van der Waals surface area contributed by atoms with Crippen molar-refractivity contribution < 1.29 is 22.8 Å². The Morgan fingerprint density at radius 2 is 1.68 bits per heavy atom. The Balaban J connectivity index is 1.56. The van der Waals surface area contributed by atoms with Crippen LogP contribution in [0.25, 0.3) is 0 Å². The largest absolute Gasteiger partial charge is 0.416 e. The standard InChI is InChI=1S/C29H37BrF3N5O2/c1-28(2,3)24-18-37(14-15-38(24)25(39)16-19-10-12-36(13-11-19)27(34)40)26(23-9-8-22(30)17-35-23)20-4-6-21(7-5-20)29(31,32)33/h4-9,17,19,24,26H,10-16,18H2,1-3H3,(H2,34,40)/t24-,26?/m1/s1. The summed E-state index contributed by atoms with van der Waals surface area (Å²) in [4.78, 5) is 35.5. The number of hydrogen-bond donors (Lipinski definition) is 1. The molecule has 2 aliphatic rings. The van der Waals surface area contributed by atoms with E-state index >= 15 is 0 Å². The molecule has 1 aromatic carbocycles. The fraction of sp³-hybridized carbons (Fsp3) is 0.552. The number of urea groups is 1. The molecule has 0 radical (unpaired) electrons. The number of piperidine rings is 1. The van der Waals surface area contributed by atoms with Crippen LogP contribution in [0.2, 0.25) is 0 Å². The molecule has 2 aliphatic heterocycles. The van der Waals surface area contributed by atoms with Gasteiger partial charge in [-0.1, -0.05) is 32.9 Å². The van der Waals surface area contributed by atoms with Gasteiger partial charge in [0.1, 0.15) is 0 Å². The molecule has 4 rings (SSSR count). The fourth-order valence-electron chi connectivity index (χ4n) is 5.77. The normalized spacial score (nSPS) is 20.4. The maximum absolute atomic E-state index is 13.6. The zero-order valence-corrected chi connectivity index (χ0v) is 24.7. The van der Waals surface area contributed by atoms with Crippen molar-refractivity contribution >= 4 is 27.9 Å². The van der Waals surface area contributed by atoms with Gasteiger partial charge >= 0.3 is 12.2 Å². The third-order valence-electron chi connectivity index (χ3n) is 8.07. The molecular weight excluding hydrogens is 587 g/mol. The molecule has 2 fully saturated rings. The van der Waals surface area contributed by atoms with Crippen molar-refractivity contribution in [1.82, 2.24) is 19.7 Å². The molecular formula is C29H37BrF3N5O2. The molecule has 0 bridgehead atoms. The van der Waals surface area contributed by atoms with E-state index in [2.05, 4.69) is 46.6 Å². The van der Waals surface area contributed by atoms with Gasteiger partial charge in [-0.15, -0.1) is 0 Å². The van der Waals surface area contributed by atoms with Crippen LogP contribution in [0.3, 0.4) is 0 Å². The molecule has 0 aliphatic carbocycles. The molecule has 11 heteroatoms. The fourth-order valence-corrected chi connectivity index (χ4v) is 6.01. The molecule has 0 saturated carbocycles. The van der Waals surface area contributed by atoms with Crippen LogP contribution in [-0.2, 0) is 11.0 Å². The molecule has 1 aromatic heterocycles. The summed E-state index contributed by atoms with van der Waals surface area (Å²) < 4.78 is 40.6. The first-order valence-electron chi connectivity index (χ1n) is 13.6. The van der Waals surface area contributed by atoms with Crippen molar-refractivity contribution in [1.29, 1.82) is 0 Å². The van der Waals surface area contributed by atoms with Crippen LogP contribution in [0.5, 0.6) is 0 Å². The number of carbonyl (C=O) groups is 2. The number of aromatic nitrogens is 1. The molecule has 218 valence electrons. The first kappa shape index (κ1) is 30.3. The number of nitrogens with zero attached hydrogens (tertiary/aromatic N) is 4. The number of halogens is 4. The second kappa shape index (κ2) is 12.1. The second-order valence-electron chi connectivity index (χ2n) is 11.9. The number of alkyl halides is 3. The lowest BCUT2D eigenvalue weighted by Crippen LogP contribution is -2.60.